The number of carbonyl (C=O) groups is 1. The molecule has 0 aliphatic carbocycles. The Hall–Kier alpha value is -3.27. The second kappa shape index (κ2) is 8.84. The van der Waals surface area contributed by atoms with Crippen LogP contribution in [0.1, 0.15) is 10.4 Å². The first-order chi connectivity index (χ1) is 14.9. The Morgan fingerprint density at radius 2 is 1.77 bits per heavy atom. The molecule has 0 aliphatic rings. The van der Waals surface area contributed by atoms with Crippen molar-refractivity contribution in [2.45, 2.75) is 4.90 Å². The maximum absolute atomic E-state index is 12.6. The number of rotatable bonds is 6. The van der Waals surface area contributed by atoms with Gasteiger partial charge in [-0.3, -0.25) is 19.8 Å². The van der Waals surface area contributed by atoms with Crippen LogP contribution in [0.15, 0.2) is 83.2 Å². The Bertz CT molecular complexity index is 1320. The number of nitrogens with zero attached hydrogens (tertiary/aromatic N) is 2. The molecule has 0 unspecified atom stereocenters. The van der Waals surface area contributed by atoms with Gasteiger partial charge >= 0.3 is 0 Å². The SMILES string of the molecule is O=C(Nc1nc(-c2ccccn2)cs1)c1ccc(S(=O)(=O)Nc2cccc(Cl)c2)cc1. The zero-order chi connectivity index (χ0) is 21.8. The number of hydrogen-bond acceptors (Lipinski definition) is 6. The number of amides is 1. The van der Waals surface area contributed by atoms with Crippen LogP contribution in [-0.4, -0.2) is 24.3 Å². The number of anilines is 2. The molecule has 4 rings (SSSR count). The van der Waals surface area contributed by atoms with Gasteiger partial charge in [0.15, 0.2) is 5.13 Å². The molecule has 0 saturated heterocycles. The van der Waals surface area contributed by atoms with Gasteiger partial charge in [0.2, 0.25) is 0 Å². The summed E-state index contributed by atoms with van der Waals surface area (Å²) in [7, 11) is -3.82. The third-order valence-electron chi connectivity index (χ3n) is 4.16. The van der Waals surface area contributed by atoms with Crippen molar-refractivity contribution in [2.24, 2.45) is 0 Å². The Labute approximate surface area is 187 Å². The molecule has 0 atom stereocenters. The maximum atomic E-state index is 12.6. The molecule has 0 fully saturated rings. The van der Waals surface area contributed by atoms with E-state index in [0.29, 0.717) is 32.8 Å². The first kappa shape index (κ1) is 21.0. The van der Waals surface area contributed by atoms with E-state index in [4.69, 9.17) is 11.6 Å². The van der Waals surface area contributed by atoms with Gasteiger partial charge in [0.05, 0.1) is 16.3 Å². The van der Waals surface area contributed by atoms with E-state index in [1.165, 1.54) is 41.7 Å². The van der Waals surface area contributed by atoms with Crippen LogP contribution in [0.25, 0.3) is 11.4 Å². The first-order valence-corrected chi connectivity index (χ1v) is 11.7. The number of sulfonamides is 1. The van der Waals surface area contributed by atoms with E-state index in [9.17, 15) is 13.2 Å². The maximum Gasteiger partial charge on any atom is 0.261 e. The van der Waals surface area contributed by atoms with Gasteiger partial charge in [-0.25, -0.2) is 13.4 Å². The topological polar surface area (TPSA) is 101 Å². The van der Waals surface area contributed by atoms with Crippen LogP contribution in [0.4, 0.5) is 10.8 Å². The molecule has 2 aromatic heterocycles. The van der Waals surface area contributed by atoms with Crippen molar-refractivity contribution in [2.75, 3.05) is 10.0 Å². The third-order valence-corrected chi connectivity index (χ3v) is 6.55. The van der Waals surface area contributed by atoms with Crippen molar-refractivity contribution in [1.82, 2.24) is 9.97 Å². The Balaban J connectivity index is 1.45. The van der Waals surface area contributed by atoms with Crippen molar-refractivity contribution < 1.29 is 13.2 Å². The number of carbonyl (C=O) groups excluding carboxylic acids is 1. The van der Waals surface area contributed by atoms with Crippen LogP contribution < -0.4 is 10.0 Å². The average Bonchev–Trinajstić information content (AvgIpc) is 3.23. The summed E-state index contributed by atoms with van der Waals surface area (Å²) in [5.74, 6) is -0.395. The molecule has 0 saturated carbocycles. The summed E-state index contributed by atoms with van der Waals surface area (Å²) in [5, 5.41) is 5.35. The molecule has 0 radical (unpaired) electrons. The molecule has 4 aromatic rings. The quantitative estimate of drug-likeness (QED) is 0.417. The van der Waals surface area contributed by atoms with Crippen molar-refractivity contribution in [3.8, 4) is 11.4 Å². The Kier molecular flexibility index (Phi) is 5.99. The second-order valence-electron chi connectivity index (χ2n) is 6.35. The lowest BCUT2D eigenvalue weighted by molar-refractivity contribution is 0.102. The number of benzene rings is 2. The minimum Gasteiger partial charge on any atom is -0.298 e. The number of aromatic nitrogens is 2. The van der Waals surface area contributed by atoms with Gasteiger partial charge < -0.3 is 0 Å². The zero-order valence-corrected chi connectivity index (χ0v) is 18.2. The molecular formula is C21H15ClN4O3S2. The predicted molar refractivity (Wildman–Crippen MR) is 122 cm³/mol. The van der Waals surface area contributed by atoms with Crippen LogP contribution in [0.2, 0.25) is 5.02 Å². The molecule has 2 N–H and O–H groups in total. The summed E-state index contributed by atoms with van der Waals surface area (Å²) < 4.78 is 27.6. The summed E-state index contributed by atoms with van der Waals surface area (Å²) in [4.78, 5) is 21.1. The van der Waals surface area contributed by atoms with Crippen molar-refractivity contribution in [3.05, 3.63) is 88.9 Å². The van der Waals surface area contributed by atoms with Gasteiger partial charge in [-0.15, -0.1) is 11.3 Å². The van der Waals surface area contributed by atoms with Gasteiger partial charge in [-0.1, -0.05) is 23.7 Å². The zero-order valence-electron chi connectivity index (χ0n) is 15.8. The Morgan fingerprint density at radius 1 is 0.968 bits per heavy atom. The Morgan fingerprint density at radius 3 is 2.48 bits per heavy atom. The standard InChI is InChI=1S/C21H15ClN4O3S2/c22-15-4-3-5-16(12-15)26-31(28,29)17-9-7-14(8-10-17)20(27)25-21-24-19(13-30-21)18-6-1-2-11-23-18/h1-13,26H,(H,24,25,27). The minimum atomic E-state index is -3.82. The second-order valence-corrected chi connectivity index (χ2v) is 9.32. The molecule has 0 spiro atoms. The van der Waals surface area contributed by atoms with Gasteiger partial charge in [-0.2, -0.15) is 0 Å². The summed E-state index contributed by atoms with van der Waals surface area (Å²) in [6.45, 7) is 0. The first-order valence-electron chi connectivity index (χ1n) is 8.97. The third kappa shape index (κ3) is 5.08. The number of nitrogens with one attached hydrogen (secondary N) is 2. The lowest BCUT2D eigenvalue weighted by Crippen LogP contribution is -2.14. The van der Waals surface area contributed by atoms with E-state index < -0.39 is 15.9 Å². The van der Waals surface area contributed by atoms with E-state index in [-0.39, 0.29) is 4.90 Å². The molecule has 0 bridgehead atoms. The van der Waals surface area contributed by atoms with Crippen LogP contribution in [0.3, 0.4) is 0 Å². The number of halogens is 1. The molecule has 2 heterocycles. The van der Waals surface area contributed by atoms with Crippen LogP contribution in [0, 0.1) is 0 Å². The molecule has 7 nitrogen and oxygen atoms in total. The molecule has 10 heteroatoms. The van der Waals surface area contributed by atoms with E-state index in [1.807, 2.05) is 18.2 Å². The predicted octanol–water partition coefficient (Wildman–Crippen LogP) is 4.91. The normalized spacial score (nSPS) is 11.1. The van der Waals surface area contributed by atoms with Gasteiger partial charge in [0.1, 0.15) is 5.69 Å². The van der Waals surface area contributed by atoms with Crippen LogP contribution in [0.5, 0.6) is 0 Å². The van der Waals surface area contributed by atoms with E-state index in [1.54, 1.807) is 29.8 Å². The summed E-state index contributed by atoms with van der Waals surface area (Å²) in [6.07, 6.45) is 1.67. The highest BCUT2D eigenvalue weighted by Gasteiger charge is 2.16. The highest BCUT2D eigenvalue weighted by Crippen LogP contribution is 2.24. The number of hydrogen-bond donors (Lipinski definition) is 2. The number of pyridine rings is 1. The molecule has 0 aliphatic heterocycles. The smallest absolute Gasteiger partial charge is 0.261 e. The van der Waals surface area contributed by atoms with Gasteiger partial charge in [-0.05, 0) is 54.6 Å². The van der Waals surface area contributed by atoms with Gasteiger partial charge in [0.25, 0.3) is 15.9 Å². The summed E-state index contributed by atoms with van der Waals surface area (Å²) in [5.41, 5.74) is 2.02. The van der Waals surface area contributed by atoms with E-state index in [0.717, 1.165) is 0 Å². The lowest BCUT2D eigenvalue weighted by atomic mass is 10.2. The van der Waals surface area contributed by atoms with Crippen LogP contribution in [-0.2, 0) is 10.0 Å². The van der Waals surface area contributed by atoms with Crippen molar-refractivity contribution in [1.29, 1.82) is 0 Å². The minimum absolute atomic E-state index is 0.0238. The monoisotopic (exact) mass is 470 g/mol. The average molecular weight is 471 g/mol. The molecule has 2 aromatic carbocycles. The molecule has 156 valence electrons. The van der Waals surface area contributed by atoms with Crippen LogP contribution >= 0.6 is 22.9 Å². The number of thiazole rings is 1. The van der Waals surface area contributed by atoms with E-state index in [2.05, 4.69) is 20.0 Å². The molecular weight excluding hydrogens is 456 g/mol. The summed E-state index contributed by atoms with van der Waals surface area (Å²) >= 11 is 7.17. The van der Waals surface area contributed by atoms with Crippen molar-refractivity contribution >= 4 is 49.7 Å². The molecule has 1 amide bonds. The fraction of sp³-hybridized carbons (Fsp3) is 0. The van der Waals surface area contributed by atoms with Crippen molar-refractivity contribution in [3.63, 3.8) is 0 Å². The largest absolute Gasteiger partial charge is 0.298 e. The highest BCUT2D eigenvalue weighted by atomic mass is 35.5. The lowest BCUT2D eigenvalue weighted by Gasteiger charge is -2.09. The molecule has 31 heavy (non-hydrogen) atoms. The fourth-order valence-corrected chi connectivity index (χ4v) is 4.62. The van der Waals surface area contributed by atoms with E-state index >= 15 is 0 Å². The summed E-state index contributed by atoms with van der Waals surface area (Å²) in [6, 6.07) is 17.5. The highest BCUT2D eigenvalue weighted by molar-refractivity contribution is 7.92. The van der Waals surface area contributed by atoms with Gasteiger partial charge in [0, 0.05) is 22.2 Å². The fourth-order valence-electron chi connectivity index (χ4n) is 2.68.